The molecular weight excluding hydrogens is 374 g/mol. The van der Waals surface area contributed by atoms with Crippen molar-refractivity contribution in [1.82, 2.24) is 0 Å². The molecule has 4 atom stereocenters. The van der Waals surface area contributed by atoms with Crippen LogP contribution in [0.5, 0.6) is 0 Å². The van der Waals surface area contributed by atoms with Crippen molar-refractivity contribution in [3.05, 3.63) is 59.7 Å². The van der Waals surface area contributed by atoms with Crippen molar-refractivity contribution in [2.24, 2.45) is 0 Å². The Morgan fingerprint density at radius 3 is 1.96 bits per heavy atom. The van der Waals surface area contributed by atoms with E-state index in [2.05, 4.69) is 38.4 Å². The normalized spacial score (nSPS) is 33.3. The third-order valence-electron chi connectivity index (χ3n) is 7.39. The van der Waals surface area contributed by atoms with Gasteiger partial charge in [-0.3, -0.25) is 4.79 Å². The summed E-state index contributed by atoms with van der Waals surface area (Å²) in [7, 11) is 4.60. The highest BCUT2D eigenvalue weighted by atomic mass is 35.5. The fourth-order valence-corrected chi connectivity index (χ4v) is 5.94. The summed E-state index contributed by atoms with van der Waals surface area (Å²) in [5.74, 6) is -0.399. The molecular formula is C23H24ClNO3. The number of hydrogen-bond acceptors (Lipinski definition) is 3. The predicted octanol–water partition coefficient (Wildman–Crippen LogP) is 0.103. The Hall–Kier alpha value is -1.88. The third kappa shape index (κ3) is 2.35. The number of quaternary nitrogens is 1. The first-order valence-corrected chi connectivity index (χ1v) is 9.93. The molecule has 0 radical (unpaired) electrons. The van der Waals surface area contributed by atoms with Crippen LogP contribution in [0.3, 0.4) is 0 Å². The van der Waals surface area contributed by atoms with E-state index in [0.29, 0.717) is 24.3 Å². The summed E-state index contributed by atoms with van der Waals surface area (Å²) in [5, 5.41) is 0. The molecule has 1 aliphatic carbocycles. The lowest BCUT2D eigenvalue weighted by atomic mass is 9.95. The zero-order chi connectivity index (χ0) is 18.3. The van der Waals surface area contributed by atoms with Crippen LogP contribution < -0.4 is 12.4 Å². The van der Waals surface area contributed by atoms with E-state index in [1.807, 2.05) is 24.3 Å². The van der Waals surface area contributed by atoms with E-state index < -0.39 is 0 Å². The summed E-state index contributed by atoms with van der Waals surface area (Å²) >= 11 is 0. The van der Waals surface area contributed by atoms with Gasteiger partial charge in [0, 0.05) is 12.8 Å². The molecule has 4 aliphatic rings. The Bertz CT molecular complexity index is 893. The summed E-state index contributed by atoms with van der Waals surface area (Å²) in [6, 6.07) is 17.3. The van der Waals surface area contributed by atoms with E-state index in [1.54, 1.807) is 0 Å². The first kappa shape index (κ1) is 18.2. The molecule has 0 spiro atoms. The molecule has 2 aromatic carbocycles. The highest BCUT2D eigenvalue weighted by Crippen LogP contribution is 2.52. The van der Waals surface area contributed by atoms with Crippen LogP contribution in [-0.2, 0) is 14.3 Å². The second-order valence-electron chi connectivity index (χ2n) is 8.97. The number of esters is 1. The lowest BCUT2D eigenvalue weighted by Gasteiger charge is -2.45. The van der Waals surface area contributed by atoms with Gasteiger partial charge in [-0.2, -0.15) is 0 Å². The monoisotopic (exact) mass is 397 g/mol. The number of piperidine rings is 1. The van der Waals surface area contributed by atoms with Gasteiger partial charge in [0.25, 0.3) is 0 Å². The quantitative estimate of drug-likeness (QED) is 0.410. The van der Waals surface area contributed by atoms with Crippen LogP contribution in [0.2, 0.25) is 0 Å². The Labute approximate surface area is 171 Å². The van der Waals surface area contributed by atoms with Gasteiger partial charge in [-0.05, 0) is 22.3 Å². The lowest BCUT2D eigenvalue weighted by Crippen LogP contribution is -3.00. The summed E-state index contributed by atoms with van der Waals surface area (Å²) in [6.07, 6.45) is 2.58. The largest absolute Gasteiger partial charge is 1.00 e. The molecule has 0 amide bonds. The molecule has 6 rings (SSSR count). The number of hydrogen-bond donors (Lipinski definition) is 0. The van der Waals surface area contributed by atoms with Crippen LogP contribution in [-0.4, -0.2) is 54.9 Å². The van der Waals surface area contributed by atoms with Crippen LogP contribution in [0, 0.1) is 0 Å². The molecule has 28 heavy (non-hydrogen) atoms. The number of carbonyl (C=O) groups is 1. The SMILES string of the molecule is C[N+]1(C)[C@H]2CC(OC(=O)C3c4ccccc4-c4ccccc43)C[C@H]1C1OC12.[Cl-]. The number of fused-ring (bicyclic) bond motifs is 8. The fraction of sp³-hybridized carbons (Fsp3) is 0.435. The number of nitrogens with zero attached hydrogens (tertiary/aromatic N) is 1. The van der Waals surface area contributed by atoms with Gasteiger partial charge in [-0.15, -0.1) is 0 Å². The fourth-order valence-electron chi connectivity index (χ4n) is 5.94. The van der Waals surface area contributed by atoms with Crippen LogP contribution in [0.4, 0.5) is 0 Å². The summed E-state index contributed by atoms with van der Waals surface area (Å²) in [4.78, 5) is 13.3. The molecule has 3 saturated heterocycles. The van der Waals surface area contributed by atoms with Gasteiger partial charge in [0.1, 0.15) is 36.3 Å². The van der Waals surface area contributed by atoms with Crippen molar-refractivity contribution in [1.29, 1.82) is 0 Å². The average Bonchev–Trinajstić information content (AvgIpc) is 3.34. The minimum atomic E-state index is -0.301. The maximum Gasteiger partial charge on any atom is 0.318 e. The Morgan fingerprint density at radius 2 is 1.43 bits per heavy atom. The van der Waals surface area contributed by atoms with Crippen LogP contribution in [0.25, 0.3) is 11.1 Å². The van der Waals surface area contributed by atoms with E-state index in [0.717, 1.165) is 39.6 Å². The molecule has 0 aromatic heterocycles. The third-order valence-corrected chi connectivity index (χ3v) is 7.39. The van der Waals surface area contributed by atoms with Gasteiger partial charge in [0.05, 0.1) is 14.1 Å². The molecule has 3 heterocycles. The average molecular weight is 398 g/mol. The van der Waals surface area contributed by atoms with Gasteiger partial charge in [-0.1, -0.05) is 48.5 Å². The van der Waals surface area contributed by atoms with E-state index in [-0.39, 0.29) is 30.4 Å². The zero-order valence-electron chi connectivity index (χ0n) is 16.0. The standard InChI is InChI=1S/C23H24NO3.ClH/c1-24(2)18-11-13(12-19(24)22-21(18)27-22)26-23(25)20-16-9-5-3-7-14(16)15-8-4-6-10-17(15)20;/h3-10,13,18-22H,11-12H2,1-2H3;1H/q+1;/p-1/t13?,18-,19-,21?,22?;/m0./s1. The van der Waals surface area contributed by atoms with E-state index in [4.69, 9.17) is 9.47 Å². The molecule has 5 heteroatoms. The number of epoxide rings is 1. The minimum Gasteiger partial charge on any atom is -1.00 e. The van der Waals surface area contributed by atoms with E-state index >= 15 is 0 Å². The van der Waals surface area contributed by atoms with Crippen molar-refractivity contribution in [3.8, 4) is 11.1 Å². The molecule has 3 fully saturated rings. The molecule has 146 valence electrons. The van der Waals surface area contributed by atoms with Crippen LogP contribution in [0.1, 0.15) is 29.9 Å². The van der Waals surface area contributed by atoms with Crippen molar-refractivity contribution < 1.29 is 31.2 Å². The first-order chi connectivity index (χ1) is 13.1. The van der Waals surface area contributed by atoms with Crippen LogP contribution >= 0.6 is 0 Å². The Morgan fingerprint density at radius 1 is 0.929 bits per heavy atom. The maximum absolute atomic E-state index is 13.3. The van der Waals surface area contributed by atoms with Gasteiger partial charge >= 0.3 is 5.97 Å². The molecule has 2 unspecified atom stereocenters. The molecule has 0 N–H and O–H groups in total. The summed E-state index contributed by atoms with van der Waals surface area (Å²) in [6.45, 7) is 0. The number of benzene rings is 2. The molecule has 2 aromatic rings. The molecule has 0 saturated carbocycles. The van der Waals surface area contributed by atoms with Gasteiger partial charge in [0.2, 0.25) is 0 Å². The predicted molar refractivity (Wildman–Crippen MR) is 101 cm³/mol. The number of rotatable bonds is 2. The second-order valence-corrected chi connectivity index (χ2v) is 8.97. The minimum absolute atomic E-state index is 0. The number of ether oxygens (including phenoxy) is 2. The number of carbonyl (C=O) groups excluding carboxylic acids is 1. The van der Waals surface area contributed by atoms with Crippen molar-refractivity contribution in [2.45, 2.75) is 49.2 Å². The van der Waals surface area contributed by atoms with Crippen molar-refractivity contribution in [3.63, 3.8) is 0 Å². The van der Waals surface area contributed by atoms with Gasteiger partial charge in [-0.25, -0.2) is 0 Å². The summed E-state index contributed by atoms with van der Waals surface area (Å²) < 4.78 is 13.0. The highest BCUT2D eigenvalue weighted by Gasteiger charge is 2.70. The lowest BCUT2D eigenvalue weighted by molar-refractivity contribution is -0.938. The zero-order valence-corrected chi connectivity index (χ0v) is 16.8. The number of morpholine rings is 1. The first-order valence-electron chi connectivity index (χ1n) is 9.93. The van der Waals surface area contributed by atoms with Crippen molar-refractivity contribution in [2.75, 3.05) is 14.1 Å². The summed E-state index contributed by atoms with van der Waals surface area (Å²) in [5.41, 5.74) is 4.46. The molecule has 2 bridgehead atoms. The van der Waals surface area contributed by atoms with E-state index in [1.165, 1.54) is 0 Å². The second kappa shape index (κ2) is 6.06. The Kier molecular flexibility index (Phi) is 3.93. The van der Waals surface area contributed by atoms with E-state index in [9.17, 15) is 4.79 Å². The topological polar surface area (TPSA) is 38.8 Å². The van der Waals surface area contributed by atoms with Gasteiger partial charge < -0.3 is 26.4 Å². The maximum atomic E-state index is 13.3. The molecule has 3 aliphatic heterocycles. The highest BCUT2D eigenvalue weighted by molar-refractivity contribution is 5.93. The molecule has 4 nitrogen and oxygen atoms in total. The van der Waals surface area contributed by atoms with Crippen molar-refractivity contribution >= 4 is 5.97 Å². The number of likely N-dealkylation sites (N-methyl/N-ethyl adjacent to an activating group) is 1. The number of halogens is 1. The van der Waals surface area contributed by atoms with Gasteiger partial charge in [0.15, 0.2) is 0 Å². The van der Waals surface area contributed by atoms with Crippen LogP contribution in [0.15, 0.2) is 48.5 Å². The Balaban J connectivity index is 0.00000171. The smallest absolute Gasteiger partial charge is 0.318 e.